The lowest BCUT2D eigenvalue weighted by Crippen LogP contribution is -2.44. The average molecular weight is 653 g/mol. The van der Waals surface area contributed by atoms with Crippen LogP contribution in [0.1, 0.15) is 72.9 Å². The first-order chi connectivity index (χ1) is 17.6. The molecule has 3 unspecified atom stereocenters. The van der Waals surface area contributed by atoms with Gasteiger partial charge in [-0.3, -0.25) is 9.59 Å². The molecular weight excluding hydrogens is 622 g/mol. The number of carboxylic acids is 1. The molecule has 5 atom stereocenters. The Kier molecular flexibility index (Phi) is 7.55. The predicted molar refractivity (Wildman–Crippen MR) is 151 cm³/mol. The van der Waals surface area contributed by atoms with Crippen LogP contribution in [-0.4, -0.2) is 32.9 Å². The van der Waals surface area contributed by atoms with E-state index in [1.54, 1.807) is 6.20 Å². The van der Waals surface area contributed by atoms with Gasteiger partial charge in [0, 0.05) is 31.9 Å². The number of nitrogens with one attached hydrogen (secondary N) is 1. The molecule has 0 spiro atoms. The molecule has 1 amide bonds. The number of rotatable bonds is 6. The first kappa shape index (κ1) is 26.8. The summed E-state index contributed by atoms with van der Waals surface area (Å²) in [7, 11) is 0. The number of fused-ring (bicyclic) bond motifs is 5. The zero-order valence-corrected chi connectivity index (χ0v) is 24.9. The molecule has 0 bridgehead atoms. The van der Waals surface area contributed by atoms with Crippen LogP contribution in [0.2, 0.25) is 0 Å². The van der Waals surface area contributed by atoms with Gasteiger partial charge in [0.05, 0.1) is 12.1 Å². The van der Waals surface area contributed by atoms with Gasteiger partial charge in [0.1, 0.15) is 0 Å². The lowest BCUT2D eigenvalue weighted by atomic mass is 9.54. The van der Waals surface area contributed by atoms with Gasteiger partial charge in [-0.2, -0.15) is 0 Å². The molecule has 10 heteroatoms. The van der Waals surface area contributed by atoms with Crippen molar-refractivity contribution in [1.82, 2.24) is 4.98 Å². The van der Waals surface area contributed by atoms with Crippen LogP contribution in [0, 0.1) is 30.1 Å². The summed E-state index contributed by atoms with van der Waals surface area (Å²) in [6.07, 6.45) is 7.44. The number of thiazole rings is 1. The number of aryl methyl sites for hydroxylation is 1. The van der Waals surface area contributed by atoms with Crippen molar-refractivity contribution in [2.45, 2.75) is 71.1 Å². The van der Waals surface area contributed by atoms with Crippen LogP contribution in [0.25, 0.3) is 0 Å². The van der Waals surface area contributed by atoms with Crippen molar-refractivity contribution in [1.29, 1.82) is 0 Å². The van der Waals surface area contributed by atoms with Crippen LogP contribution in [0.4, 0.5) is 5.13 Å². The number of oxime groups is 1. The van der Waals surface area contributed by atoms with Crippen molar-refractivity contribution in [2.24, 2.45) is 28.3 Å². The lowest BCUT2D eigenvalue weighted by molar-refractivity contribution is -0.136. The van der Waals surface area contributed by atoms with Crippen molar-refractivity contribution in [3.05, 3.63) is 42.8 Å². The first-order valence-corrected chi connectivity index (χ1v) is 15.2. The third kappa shape index (κ3) is 4.89. The molecule has 3 aliphatic rings. The quantitative estimate of drug-likeness (QED) is 0.231. The Morgan fingerprint density at radius 1 is 1.32 bits per heavy atom. The third-order valence-corrected chi connectivity index (χ3v) is 11.4. The highest BCUT2D eigenvalue weighted by Gasteiger charge is 2.57. The lowest BCUT2D eigenvalue weighted by Gasteiger charge is -2.50. The Labute approximate surface area is 237 Å². The maximum atomic E-state index is 12.7. The molecule has 5 rings (SSSR count). The van der Waals surface area contributed by atoms with E-state index in [2.05, 4.69) is 60.3 Å². The fourth-order valence-electron chi connectivity index (χ4n) is 7.42. The molecule has 0 aliphatic heterocycles. The molecule has 2 fully saturated rings. The number of halogens is 2. The SMILES string of the molecule is Cc1cnc(NC(=O)CC[C@@H]2C/C(=N\O)[C@@]3(C)CCC4c5cc(Br)c(CC(=O)O)c(Br)c5CCC4C23)s1. The van der Waals surface area contributed by atoms with Crippen LogP contribution in [-0.2, 0) is 22.4 Å². The van der Waals surface area contributed by atoms with Crippen LogP contribution in [0.5, 0.6) is 0 Å². The molecule has 2 aromatic rings. The van der Waals surface area contributed by atoms with Gasteiger partial charge in [-0.05, 0) is 91.9 Å². The number of hydrogen-bond donors (Lipinski definition) is 3. The van der Waals surface area contributed by atoms with E-state index in [0.717, 1.165) is 63.6 Å². The smallest absolute Gasteiger partial charge is 0.307 e. The van der Waals surface area contributed by atoms with E-state index >= 15 is 0 Å². The van der Waals surface area contributed by atoms with E-state index in [1.807, 2.05) is 6.92 Å². The fourth-order valence-corrected chi connectivity index (χ4v) is 9.73. The molecule has 2 saturated carbocycles. The summed E-state index contributed by atoms with van der Waals surface area (Å²) in [6, 6.07) is 2.15. The summed E-state index contributed by atoms with van der Waals surface area (Å²) in [6.45, 7) is 4.22. The first-order valence-electron chi connectivity index (χ1n) is 12.8. The Hall–Kier alpha value is -1.78. The van der Waals surface area contributed by atoms with Crippen LogP contribution in [0.15, 0.2) is 26.4 Å². The topological polar surface area (TPSA) is 112 Å². The van der Waals surface area contributed by atoms with Gasteiger partial charge in [-0.25, -0.2) is 4.98 Å². The molecule has 1 aromatic carbocycles. The van der Waals surface area contributed by atoms with E-state index < -0.39 is 5.97 Å². The largest absolute Gasteiger partial charge is 0.481 e. The average Bonchev–Trinajstić information content (AvgIpc) is 3.39. The number of nitrogens with zero attached hydrogens (tertiary/aromatic N) is 2. The summed E-state index contributed by atoms with van der Waals surface area (Å²) < 4.78 is 1.75. The molecule has 3 aliphatic carbocycles. The summed E-state index contributed by atoms with van der Waals surface area (Å²) >= 11 is 8.86. The molecule has 198 valence electrons. The molecule has 1 aromatic heterocycles. The Morgan fingerprint density at radius 3 is 2.78 bits per heavy atom. The Balaban J connectivity index is 1.40. The Morgan fingerprint density at radius 2 is 2.11 bits per heavy atom. The van der Waals surface area contributed by atoms with Gasteiger partial charge in [-0.15, -0.1) is 11.3 Å². The minimum atomic E-state index is -0.845. The second-order valence-electron chi connectivity index (χ2n) is 11.0. The summed E-state index contributed by atoms with van der Waals surface area (Å²) in [4.78, 5) is 29.5. The van der Waals surface area contributed by atoms with Crippen molar-refractivity contribution >= 4 is 65.9 Å². The second kappa shape index (κ2) is 10.4. The van der Waals surface area contributed by atoms with Gasteiger partial charge >= 0.3 is 5.97 Å². The van der Waals surface area contributed by atoms with Gasteiger partial charge in [0.15, 0.2) is 5.13 Å². The molecule has 37 heavy (non-hydrogen) atoms. The number of amides is 1. The van der Waals surface area contributed by atoms with E-state index in [1.165, 1.54) is 22.5 Å². The highest BCUT2D eigenvalue weighted by Crippen LogP contribution is 2.63. The highest BCUT2D eigenvalue weighted by molar-refractivity contribution is 9.11. The minimum absolute atomic E-state index is 0.0226. The van der Waals surface area contributed by atoms with E-state index in [4.69, 9.17) is 0 Å². The molecule has 0 radical (unpaired) electrons. The van der Waals surface area contributed by atoms with Crippen LogP contribution in [0.3, 0.4) is 0 Å². The number of aromatic nitrogens is 1. The minimum Gasteiger partial charge on any atom is -0.481 e. The molecule has 3 N–H and O–H groups in total. The van der Waals surface area contributed by atoms with Gasteiger partial charge in [0.2, 0.25) is 5.91 Å². The number of aliphatic carboxylic acids is 1. The normalized spacial score (nSPS) is 29.5. The zero-order valence-electron chi connectivity index (χ0n) is 20.9. The van der Waals surface area contributed by atoms with Crippen molar-refractivity contribution in [2.75, 3.05) is 5.32 Å². The second-order valence-corrected chi connectivity index (χ2v) is 13.8. The number of carbonyl (C=O) groups is 2. The highest BCUT2D eigenvalue weighted by atomic mass is 79.9. The maximum absolute atomic E-state index is 12.7. The molecule has 1 heterocycles. The monoisotopic (exact) mass is 651 g/mol. The van der Waals surface area contributed by atoms with Gasteiger partial charge in [0.25, 0.3) is 0 Å². The Bertz CT molecular complexity index is 1280. The van der Waals surface area contributed by atoms with E-state index in [9.17, 15) is 19.9 Å². The van der Waals surface area contributed by atoms with Crippen molar-refractivity contribution in [3.63, 3.8) is 0 Å². The number of carboxylic acid groups (broad SMARTS) is 1. The van der Waals surface area contributed by atoms with Crippen LogP contribution < -0.4 is 5.32 Å². The van der Waals surface area contributed by atoms with E-state index in [0.29, 0.717) is 29.3 Å². The summed E-state index contributed by atoms with van der Waals surface area (Å²) in [5.74, 6) is 0.515. The van der Waals surface area contributed by atoms with Crippen LogP contribution >= 0.6 is 43.2 Å². The number of carbonyl (C=O) groups excluding carboxylic acids is 1. The molecular formula is C27H31Br2N3O4S. The fraction of sp³-hybridized carbons (Fsp3) is 0.556. The number of benzene rings is 1. The van der Waals surface area contributed by atoms with E-state index in [-0.39, 0.29) is 23.7 Å². The van der Waals surface area contributed by atoms with Crippen molar-refractivity contribution < 1.29 is 19.9 Å². The number of hydrogen-bond acceptors (Lipinski definition) is 6. The van der Waals surface area contributed by atoms with Gasteiger partial charge < -0.3 is 15.6 Å². The molecule has 7 nitrogen and oxygen atoms in total. The number of anilines is 1. The third-order valence-electron chi connectivity index (χ3n) is 8.95. The summed E-state index contributed by atoms with van der Waals surface area (Å²) in [5, 5.41) is 26.7. The maximum Gasteiger partial charge on any atom is 0.307 e. The summed E-state index contributed by atoms with van der Waals surface area (Å²) in [5.41, 5.74) is 4.03. The molecule has 0 saturated heterocycles. The zero-order chi connectivity index (χ0) is 26.5. The standard InChI is InChI=1S/C27H31Br2N3O4S/c1-13-12-30-26(37-13)31-22(33)6-3-14-9-21(32-36)27(2)8-7-15-16(24(14)27)4-5-17-18(15)10-20(28)19(25(17)29)11-23(34)35/h10,12,14-16,24,36H,3-9,11H2,1-2H3,(H,34,35)(H,30,31,33)/b32-21+/t14-,15?,16?,24?,27-/m1/s1. The van der Waals surface area contributed by atoms with Crippen molar-refractivity contribution in [3.8, 4) is 0 Å². The van der Waals surface area contributed by atoms with Gasteiger partial charge in [-0.1, -0.05) is 43.9 Å². The predicted octanol–water partition coefficient (Wildman–Crippen LogP) is 6.93.